The molecule has 0 aliphatic rings. The van der Waals surface area contributed by atoms with Crippen LogP contribution >= 0.6 is 8.69 Å². The Morgan fingerprint density at radius 3 is 2.08 bits per heavy atom. The Hall–Kier alpha value is -3.30. The minimum absolute atomic E-state index is 0.237. The Balaban J connectivity index is 0.00000106. The minimum atomic E-state index is -2.05. The highest BCUT2D eigenvalue weighted by Crippen LogP contribution is 2.43. The molecule has 1 heterocycles. The second-order valence-electron chi connectivity index (χ2n) is 9.17. The summed E-state index contributed by atoms with van der Waals surface area (Å²) < 4.78 is 26.9. The number of halogens is 1. The first-order chi connectivity index (χ1) is 16.9. The number of terminal acetylenes is 1. The van der Waals surface area contributed by atoms with Crippen molar-refractivity contribution in [3.8, 4) is 34.7 Å². The van der Waals surface area contributed by atoms with E-state index in [4.69, 9.17) is 16.0 Å². The first-order valence-electron chi connectivity index (χ1n) is 11.2. The summed E-state index contributed by atoms with van der Waals surface area (Å²) in [6.45, 7) is 7.09. The van der Waals surface area contributed by atoms with Crippen LogP contribution in [-0.2, 0) is 24.7 Å². The predicted octanol–water partition coefficient (Wildman–Crippen LogP) is 5.49. The van der Waals surface area contributed by atoms with Crippen molar-refractivity contribution < 1.29 is 28.5 Å². The van der Waals surface area contributed by atoms with Crippen molar-refractivity contribution in [3.05, 3.63) is 77.7 Å². The van der Waals surface area contributed by atoms with Crippen molar-refractivity contribution in [2.75, 3.05) is 7.11 Å². The molecule has 2 aromatic carbocycles. The lowest BCUT2D eigenvalue weighted by atomic mass is 9.69. The number of nitrogens with zero attached hydrogens (tertiary/aromatic N) is 1. The Morgan fingerprint density at radius 2 is 1.67 bits per heavy atom. The molecule has 0 aliphatic heterocycles. The number of aliphatic hydroxyl groups excluding tert-OH is 1. The Bertz CT molecular complexity index is 1250. The molecule has 0 saturated carbocycles. The maximum Gasteiger partial charge on any atom is 0.329 e. The molecule has 8 heteroatoms. The second kappa shape index (κ2) is 12.1. The summed E-state index contributed by atoms with van der Waals surface area (Å²) in [5.41, 5.74) is 0.571. The number of rotatable bonds is 6. The largest absolute Gasteiger partial charge is 0.480 e. The Kier molecular flexibility index (Phi) is 9.72. The number of benzene rings is 2. The normalized spacial score (nSPS) is 13.8. The summed E-state index contributed by atoms with van der Waals surface area (Å²) in [5, 5.41) is 20.9. The molecule has 0 amide bonds. The van der Waals surface area contributed by atoms with E-state index in [1.807, 2.05) is 51.1 Å². The molecule has 190 valence electrons. The van der Waals surface area contributed by atoms with Gasteiger partial charge < -0.3 is 14.7 Å². The predicted molar refractivity (Wildman–Crippen MR) is 141 cm³/mol. The van der Waals surface area contributed by atoms with Gasteiger partial charge in [-0.2, -0.15) is 0 Å². The summed E-state index contributed by atoms with van der Waals surface area (Å²) in [5.74, 6) is 0.595. The minimum Gasteiger partial charge on any atom is -0.480 e. The van der Waals surface area contributed by atoms with E-state index < -0.39 is 37.4 Å². The lowest BCUT2D eigenvalue weighted by molar-refractivity contribution is -0.145. The van der Waals surface area contributed by atoms with Crippen molar-refractivity contribution in [2.45, 2.75) is 44.6 Å². The maximum absolute atomic E-state index is 13.7. The highest BCUT2D eigenvalue weighted by atomic mass is 31.1. The second-order valence-corrected chi connectivity index (χ2v) is 9.83. The summed E-state index contributed by atoms with van der Waals surface area (Å²) in [6, 6.07) is 17.0. The standard InChI is InChI=1S/C27H26FNO3.CH5O2P/c1-6-27(17(2)30,25(31)32)23-21(18-12-14-20(28)15-13-18)16-22(19-10-8-7-9-11-19)29-24(23)26(3,4)5;1-3-4-2/h1,7-17,30H,2-5H3,(H,31,32);4H2,1H3. The third kappa shape index (κ3) is 6.09. The zero-order chi connectivity index (χ0) is 27.1. The zero-order valence-electron chi connectivity index (χ0n) is 20.9. The molecular formula is C28H31FNO5P. The van der Waals surface area contributed by atoms with Crippen LogP contribution in [0.5, 0.6) is 0 Å². The fourth-order valence-electron chi connectivity index (χ4n) is 3.85. The van der Waals surface area contributed by atoms with Crippen LogP contribution in [-0.4, -0.2) is 34.4 Å². The van der Waals surface area contributed by atoms with Crippen LogP contribution in [0.15, 0.2) is 60.7 Å². The molecule has 2 N–H and O–H groups in total. The number of carbonyl (C=O) groups is 1. The van der Waals surface area contributed by atoms with Crippen LogP contribution in [0.1, 0.15) is 39.0 Å². The monoisotopic (exact) mass is 511 g/mol. The number of carboxylic acid groups (broad SMARTS) is 1. The van der Waals surface area contributed by atoms with Gasteiger partial charge in [0.25, 0.3) is 0 Å². The lowest BCUT2D eigenvalue weighted by Gasteiger charge is -2.35. The Labute approximate surface area is 212 Å². The topological polar surface area (TPSA) is 96.7 Å². The van der Waals surface area contributed by atoms with Gasteiger partial charge in [-0.1, -0.05) is 69.2 Å². The number of hydrogen-bond acceptors (Lipinski definition) is 5. The van der Waals surface area contributed by atoms with Crippen molar-refractivity contribution in [1.29, 1.82) is 0 Å². The van der Waals surface area contributed by atoms with Gasteiger partial charge in [0.15, 0.2) is 14.1 Å². The highest BCUT2D eigenvalue weighted by molar-refractivity contribution is 7.17. The van der Waals surface area contributed by atoms with Crippen molar-refractivity contribution in [2.24, 2.45) is 0 Å². The van der Waals surface area contributed by atoms with Crippen LogP contribution < -0.4 is 0 Å². The summed E-state index contributed by atoms with van der Waals surface area (Å²) in [7, 11) is 0.437. The van der Waals surface area contributed by atoms with E-state index in [2.05, 4.69) is 10.4 Å². The molecular weight excluding hydrogens is 480 g/mol. The molecule has 0 radical (unpaired) electrons. The van der Waals surface area contributed by atoms with Crippen LogP contribution in [0.25, 0.3) is 22.4 Å². The van der Waals surface area contributed by atoms with Gasteiger partial charge in [0.05, 0.1) is 17.5 Å². The molecule has 1 aromatic heterocycles. The molecule has 0 aliphatic carbocycles. The van der Waals surface area contributed by atoms with Gasteiger partial charge in [0, 0.05) is 23.7 Å². The number of hydrogen-bond donors (Lipinski definition) is 2. The van der Waals surface area contributed by atoms with E-state index in [1.165, 1.54) is 26.2 Å². The smallest absolute Gasteiger partial charge is 0.329 e. The van der Waals surface area contributed by atoms with Gasteiger partial charge in [-0.3, -0.25) is 14.3 Å². The average molecular weight is 512 g/mol. The molecule has 36 heavy (non-hydrogen) atoms. The average Bonchev–Trinajstić information content (AvgIpc) is 2.85. The lowest BCUT2D eigenvalue weighted by Crippen LogP contribution is -2.46. The molecule has 0 saturated heterocycles. The number of pyridine rings is 1. The van der Waals surface area contributed by atoms with Crippen LogP contribution in [0.4, 0.5) is 4.39 Å². The van der Waals surface area contributed by atoms with Gasteiger partial charge in [0.2, 0.25) is 0 Å². The fourth-order valence-corrected chi connectivity index (χ4v) is 3.85. The van der Waals surface area contributed by atoms with Gasteiger partial charge in [-0.15, -0.1) is 6.42 Å². The number of carboxylic acids is 1. The molecule has 0 bridgehead atoms. The van der Waals surface area contributed by atoms with Gasteiger partial charge in [0.1, 0.15) is 5.82 Å². The summed E-state index contributed by atoms with van der Waals surface area (Å²) >= 11 is 0. The fraction of sp³-hybridized carbons (Fsp3) is 0.286. The highest BCUT2D eigenvalue weighted by Gasteiger charge is 2.48. The van der Waals surface area contributed by atoms with Gasteiger partial charge >= 0.3 is 5.97 Å². The molecule has 6 nitrogen and oxygen atoms in total. The molecule has 0 fully saturated rings. The molecule has 3 aromatic rings. The van der Waals surface area contributed by atoms with Crippen molar-refractivity contribution in [1.82, 2.24) is 4.98 Å². The van der Waals surface area contributed by atoms with Crippen molar-refractivity contribution >= 4 is 14.7 Å². The van der Waals surface area contributed by atoms with Crippen LogP contribution in [0, 0.1) is 18.2 Å². The van der Waals surface area contributed by atoms with Crippen LogP contribution in [0.3, 0.4) is 0 Å². The SMILES string of the molecule is C#CC(C(=O)O)(c1c(-c2ccc(F)cc2)cc(-c2ccccc2)nc1C(C)(C)C)C(C)O.CO[PH2]=O. The molecule has 0 spiro atoms. The van der Waals surface area contributed by atoms with E-state index in [0.29, 0.717) is 22.5 Å². The maximum atomic E-state index is 13.7. The zero-order valence-corrected chi connectivity index (χ0v) is 22.1. The third-order valence-corrected chi connectivity index (χ3v) is 5.83. The van der Waals surface area contributed by atoms with E-state index in [9.17, 15) is 19.4 Å². The van der Waals surface area contributed by atoms with E-state index >= 15 is 0 Å². The van der Waals surface area contributed by atoms with E-state index in [0.717, 1.165) is 5.56 Å². The van der Waals surface area contributed by atoms with Gasteiger partial charge in [-0.05, 0) is 36.2 Å². The van der Waals surface area contributed by atoms with Crippen LogP contribution in [0.2, 0.25) is 0 Å². The number of aliphatic hydroxyl groups is 1. The number of aliphatic carboxylic acids is 1. The first-order valence-corrected chi connectivity index (χ1v) is 12.1. The summed E-state index contributed by atoms with van der Waals surface area (Å²) in [6.07, 6.45) is 4.39. The number of aromatic nitrogens is 1. The molecule has 3 unspecified atom stereocenters. The van der Waals surface area contributed by atoms with E-state index in [-0.39, 0.29) is 5.56 Å². The first kappa shape index (κ1) is 28.9. The summed E-state index contributed by atoms with van der Waals surface area (Å²) in [4.78, 5) is 17.4. The quantitative estimate of drug-likeness (QED) is 0.336. The third-order valence-electron chi connectivity index (χ3n) is 5.64. The van der Waals surface area contributed by atoms with Crippen molar-refractivity contribution in [3.63, 3.8) is 0 Å². The molecule has 3 rings (SSSR count). The Morgan fingerprint density at radius 1 is 1.11 bits per heavy atom. The van der Waals surface area contributed by atoms with Gasteiger partial charge in [-0.25, -0.2) is 4.39 Å². The van der Waals surface area contributed by atoms with E-state index in [1.54, 1.807) is 18.2 Å². The molecule has 3 atom stereocenters.